The van der Waals surface area contributed by atoms with E-state index in [0.717, 1.165) is 33.4 Å². The number of likely N-dealkylation sites (tertiary alicyclic amines) is 1. The van der Waals surface area contributed by atoms with Crippen molar-refractivity contribution < 1.29 is 0 Å². The van der Waals surface area contributed by atoms with Gasteiger partial charge in [-0.15, -0.1) is 0 Å². The van der Waals surface area contributed by atoms with E-state index < -0.39 is 11.0 Å². The van der Waals surface area contributed by atoms with E-state index in [2.05, 4.69) is 17.0 Å². The molecule has 0 amide bonds. The molecule has 6 rings (SSSR count). The van der Waals surface area contributed by atoms with Crippen LogP contribution in [0.15, 0.2) is 78.9 Å². The van der Waals surface area contributed by atoms with Gasteiger partial charge in [-0.05, 0) is 30.3 Å². The first-order valence-electron chi connectivity index (χ1n) is 10.6. The molecular weight excluding hydrogens is 394 g/mol. The van der Waals surface area contributed by atoms with Crippen LogP contribution in [0.5, 0.6) is 0 Å². The zero-order chi connectivity index (χ0) is 21.9. The maximum atomic E-state index is 10.7. The Hall–Kier alpha value is -4.06. The van der Waals surface area contributed by atoms with Crippen molar-refractivity contribution in [2.45, 2.75) is 11.5 Å². The quantitative estimate of drug-likeness (QED) is 0.455. The van der Waals surface area contributed by atoms with E-state index in [1.165, 1.54) is 0 Å². The Morgan fingerprint density at radius 1 is 0.844 bits per heavy atom. The zero-order valence-electron chi connectivity index (χ0n) is 17.5. The molecular formula is C27H19N5. The van der Waals surface area contributed by atoms with Gasteiger partial charge in [-0.1, -0.05) is 66.7 Å². The number of nitriles is 2. The standard InChI is InChI=1S/C27H19N5/c1-32-15-21(18-9-3-2-4-10-18)26(16-28,17-29)27(32)20-12-6-5-11-19(20)24-25(27)31-23-14-8-7-13-22(23)30-24/h2-14,21H,15H2,1H3/t21-,27-/m1/s1. The molecule has 0 bridgehead atoms. The number of fused-ring (bicyclic) bond motifs is 6. The molecule has 2 heterocycles. The Bertz CT molecular complexity index is 1450. The molecule has 0 N–H and O–H groups in total. The van der Waals surface area contributed by atoms with Crippen LogP contribution in [0.2, 0.25) is 0 Å². The Labute approximate surface area is 186 Å². The molecule has 0 saturated carbocycles. The minimum atomic E-state index is -1.37. The summed E-state index contributed by atoms with van der Waals surface area (Å²) in [6.45, 7) is 0.563. The average molecular weight is 413 g/mol. The highest BCUT2D eigenvalue weighted by Gasteiger charge is 2.70. The van der Waals surface area contributed by atoms with Crippen molar-refractivity contribution in [3.8, 4) is 23.4 Å². The number of benzene rings is 3. The Morgan fingerprint density at radius 2 is 1.47 bits per heavy atom. The van der Waals surface area contributed by atoms with Crippen LogP contribution in [-0.2, 0) is 5.54 Å². The van der Waals surface area contributed by atoms with Gasteiger partial charge in [0, 0.05) is 18.0 Å². The smallest absolute Gasteiger partial charge is 0.179 e. The molecule has 5 nitrogen and oxygen atoms in total. The zero-order valence-corrected chi connectivity index (χ0v) is 17.5. The fourth-order valence-corrected chi connectivity index (χ4v) is 5.84. The number of hydrogen-bond acceptors (Lipinski definition) is 5. The molecule has 1 spiro atoms. The highest BCUT2D eigenvalue weighted by atomic mass is 15.3. The third-order valence-electron chi connectivity index (χ3n) is 7.16. The maximum absolute atomic E-state index is 10.7. The lowest BCUT2D eigenvalue weighted by Crippen LogP contribution is -2.49. The molecule has 1 fully saturated rings. The number of likely N-dealkylation sites (N-methyl/N-ethyl adjacent to an activating group) is 1. The summed E-state index contributed by atoms with van der Waals surface area (Å²) < 4.78 is 0. The van der Waals surface area contributed by atoms with Gasteiger partial charge in [0.2, 0.25) is 0 Å². The van der Waals surface area contributed by atoms with Gasteiger partial charge in [0.1, 0.15) is 5.54 Å². The minimum Gasteiger partial charge on any atom is -0.289 e. The molecule has 152 valence electrons. The van der Waals surface area contributed by atoms with E-state index in [1.54, 1.807) is 0 Å². The van der Waals surface area contributed by atoms with E-state index in [0.29, 0.717) is 12.2 Å². The summed E-state index contributed by atoms with van der Waals surface area (Å²) in [5, 5.41) is 21.4. The second-order valence-corrected chi connectivity index (χ2v) is 8.54. The average Bonchev–Trinajstić information content (AvgIpc) is 3.29. The lowest BCUT2D eigenvalue weighted by Gasteiger charge is -2.40. The number of para-hydroxylation sites is 2. The van der Waals surface area contributed by atoms with E-state index in [1.807, 2.05) is 85.9 Å². The van der Waals surface area contributed by atoms with Crippen molar-refractivity contribution >= 4 is 11.0 Å². The van der Waals surface area contributed by atoms with E-state index >= 15 is 0 Å². The van der Waals surface area contributed by atoms with Crippen molar-refractivity contribution in [3.05, 3.63) is 95.7 Å². The van der Waals surface area contributed by atoms with Crippen LogP contribution in [0.3, 0.4) is 0 Å². The number of hydrogen-bond donors (Lipinski definition) is 0. The third kappa shape index (κ3) is 2.04. The molecule has 2 atom stereocenters. The van der Waals surface area contributed by atoms with Gasteiger partial charge in [-0.25, -0.2) is 9.97 Å². The minimum absolute atomic E-state index is 0.295. The van der Waals surface area contributed by atoms with Gasteiger partial charge in [0.15, 0.2) is 5.41 Å². The SMILES string of the molecule is CN1C[C@H](c2ccccc2)C(C#N)(C#N)[C@]12c1ccccc1-c1nc3ccccc3nc12. The Kier molecular flexibility index (Phi) is 3.78. The van der Waals surface area contributed by atoms with Crippen molar-refractivity contribution in [3.63, 3.8) is 0 Å². The number of aromatic nitrogens is 2. The van der Waals surface area contributed by atoms with Gasteiger partial charge in [0.25, 0.3) is 0 Å². The molecule has 1 aliphatic carbocycles. The highest BCUT2D eigenvalue weighted by molar-refractivity contribution is 5.85. The Morgan fingerprint density at radius 3 is 2.19 bits per heavy atom. The molecule has 1 aliphatic heterocycles. The predicted octanol–water partition coefficient (Wildman–Crippen LogP) is 4.62. The van der Waals surface area contributed by atoms with Crippen LogP contribution in [0.25, 0.3) is 22.3 Å². The summed E-state index contributed by atoms with van der Waals surface area (Å²) in [6, 6.07) is 30.6. The van der Waals surface area contributed by atoms with Gasteiger partial charge >= 0.3 is 0 Å². The van der Waals surface area contributed by atoms with Crippen molar-refractivity contribution in [2.75, 3.05) is 13.6 Å². The summed E-state index contributed by atoms with van der Waals surface area (Å²) in [5.74, 6) is -0.295. The normalized spacial score (nSPS) is 22.9. The van der Waals surface area contributed by atoms with Crippen molar-refractivity contribution in [1.82, 2.24) is 14.9 Å². The van der Waals surface area contributed by atoms with Gasteiger partial charge < -0.3 is 0 Å². The van der Waals surface area contributed by atoms with Gasteiger partial charge in [-0.2, -0.15) is 10.5 Å². The van der Waals surface area contributed by atoms with Crippen LogP contribution >= 0.6 is 0 Å². The van der Waals surface area contributed by atoms with Crippen LogP contribution in [0.1, 0.15) is 22.7 Å². The second-order valence-electron chi connectivity index (χ2n) is 8.54. The lowest BCUT2D eigenvalue weighted by atomic mass is 9.62. The molecule has 32 heavy (non-hydrogen) atoms. The second kappa shape index (κ2) is 6.47. The topological polar surface area (TPSA) is 76.6 Å². The molecule has 2 aliphatic rings. The van der Waals surface area contributed by atoms with Crippen LogP contribution in [-0.4, -0.2) is 28.5 Å². The number of rotatable bonds is 1. The van der Waals surface area contributed by atoms with Crippen LogP contribution in [0, 0.1) is 28.1 Å². The molecule has 5 heteroatoms. The summed E-state index contributed by atoms with van der Waals surface area (Å²) in [5.41, 5.74) is 3.49. The van der Waals surface area contributed by atoms with Crippen molar-refractivity contribution in [1.29, 1.82) is 10.5 Å². The third-order valence-corrected chi connectivity index (χ3v) is 7.16. The molecule has 0 unspecified atom stereocenters. The first kappa shape index (κ1) is 18.7. The largest absolute Gasteiger partial charge is 0.289 e. The van der Waals surface area contributed by atoms with E-state index in [-0.39, 0.29) is 5.92 Å². The molecule has 1 saturated heterocycles. The monoisotopic (exact) mass is 413 g/mol. The summed E-state index contributed by atoms with van der Waals surface area (Å²) >= 11 is 0. The van der Waals surface area contributed by atoms with Crippen LogP contribution in [0.4, 0.5) is 0 Å². The van der Waals surface area contributed by atoms with Crippen LogP contribution < -0.4 is 0 Å². The molecule has 0 radical (unpaired) electrons. The van der Waals surface area contributed by atoms with Gasteiger partial charge in [0.05, 0.1) is 34.6 Å². The first-order chi connectivity index (χ1) is 15.7. The van der Waals surface area contributed by atoms with E-state index in [9.17, 15) is 10.5 Å². The molecule has 4 aromatic rings. The predicted molar refractivity (Wildman–Crippen MR) is 121 cm³/mol. The fourth-order valence-electron chi connectivity index (χ4n) is 5.84. The first-order valence-corrected chi connectivity index (χ1v) is 10.6. The molecule has 1 aromatic heterocycles. The van der Waals surface area contributed by atoms with Gasteiger partial charge in [-0.3, -0.25) is 4.90 Å². The summed E-state index contributed by atoms with van der Waals surface area (Å²) in [4.78, 5) is 12.2. The van der Waals surface area contributed by atoms with E-state index in [4.69, 9.17) is 9.97 Å². The number of nitrogens with zero attached hydrogens (tertiary/aromatic N) is 5. The molecule has 3 aromatic carbocycles. The lowest BCUT2D eigenvalue weighted by molar-refractivity contribution is 0.165. The summed E-state index contributed by atoms with van der Waals surface area (Å²) in [6.07, 6.45) is 0. The van der Waals surface area contributed by atoms with Crippen molar-refractivity contribution in [2.24, 2.45) is 5.41 Å². The maximum Gasteiger partial charge on any atom is 0.179 e. The highest BCUT2D eigenvalue weighted by Crippen LogP contribution is 2.65. The summed E-state index contributed by atoms with van der Waals surface area (Å²) in [7, 11) is 2.00. The Balaban J connectivity index is 1.75. The fraction of sp³-hybridized carbons (Fsp3) is 0.185.